The minimum atomic E-state index is -5.45. The standard InChI is InChI=1S/C18H19F3N2O4S/c19-18(20,21)28(25,26)16-6-2-1-5-15(16)23-9-7-13(8-10-23)17(24)22-12-14-4-3-11-27-14/h1-6,11,13H,7-10,12H2,(H,22,24). The number of nitrogens with zero attached hydrogens (tertiary/aromatic N) is 1. The van der Waals surface area contributed by atoms with Crippen LogP contribution in [0.3, 0.4) is 0 Å². The number of sulfone groups is 1. The highest BCUT2D eigenvalue weighted by Gasteiger charge is 2.48. The van der Waals surface area contributed by atoms with Crippen LogP contribution < -0.4 is 10.2 Å². The van der Waals surface area contributed by atoms with Crippen LogP contribution in [0, 0.1) is 5.92 Å². The van der Waals surface area contributed by atoms with Crippen LogP contribution in [0.25, 0.3) is 0 Å². The smallest absolute Gasteiger partial charge is 0.467 e. The summed E-state index contributed by atoms with van der Waals surface area (Å²) in [6.07, 6.45) is 2.32. The maximum atomic E-state index is 13.0. The largest absolute Gasteiger partial charge is 0.501 e. The lowest BCUT2D eigenvalue weighted by Gasteiger charge is -2.34. The molecule has 0 radical (unpaired) electrons. The van der Waals surface area contributed by atoms with Crippen LogP contribution in [-0.4, -0.2) is 32.9 Å². The highest BCUT2D eigenvalue weighted by Crippen LogP contribution is 2.37. The van der Waals surface area contributed by atoms with Crippen molar-refractivity contribution in [1.82, 2.24) is 5.32 Å². The third kappa shape index (κ3) is 4.16. The Morgan fingerprint density at radius 1 is 1.14 bits per heavy atom. The zero-order chi connectivity index (χ0) is 20.4. The van der Waals surface area contributed by atoms with Gasteiger partial charge in [-0.25, -0.2) is 8.42 Å². The van der Waals surface area contributed by atoms with Gasteiger partial charge in [-0.15, -0.1) is 0 Å². The van der Waals surface area contributed by atoms with E-state index in [1.54, 1.807) is 17.0 Å². The first-order valence-corrected chi connectivity index (χ1v) is 10.1. The van der Waals surface area contributed by atoms with Gasteiger partial charge in [0.05, 0.1) is 23.4 Å². The van der Waals surface area contributed by atoms with Gasteiger partial charge in [-0.3, -0.25) is 4.79 Å². The summed E-state index contributed by atoms with van der Waals surface area (Å²) in [5, 5.41) is 2.77. The molecule has 1 aromatic heterocycles. The van der Waals surface area contributed by atoms with E-state index in [9.17, 15) is 26.4 Å². The van der Waals surface area contributed by atoms with Gasteiger partial charge >= 0.3 is 5.51 Å². The second-order valence-electron chi connectivity index (χ2n) is 6.48. The highest BCUT2D eigenvalue weighted by molar-refractivity contribution is 7.92. The molecule has 28 heavy (non-hydrogen) atoms. The summed E-state index contributed by atoms with van der Waals surface area (Å²) in [7, 11) is -5.45. The predicted molar refractivity (Wildman–Crippen MR) is 95.2 cm³/mol. The molecule has 0 bridgehead atoms. The summed E-state index contributed by atoms with van der Waals surface area (Å²) in [5.41, 5.74) is -5.36. The van der Waals surface area contributed by atoms with E-state index >= 15 is 0 Å². The summed E-state index contributed by atoms with van der Waals surface area (Å²) in [4.78, 5) is 13.1. The molecule has 0 saturated carbocycles. The zero-order valence-corrected chi connectivity index (χ0v) is 15.6. The Bertz CT molecular complexity index is 919. The lowest BCUT2D eigenvalue weighted by atomic mass is 9.95. The van der Waals surface area contributed by atoms with Crippen molar-refractivity contribution in [1.29, 1.82) is 0 Å². The Balaban J connectivity index is 1.66. The van der Waals surface area contributed by atoms with Crippen LogP contribution in [-0.2, 0) is 21.2 Å². The first-order chi connectivity index (χ1) is 13.2. The average molecular weight is 416 g/mol. The van der Waals surface area contributed by atoms with E-state index in [4.69, 9.17) is 4.42 Å². The van der Waals surface area contributed by atoms with Crippen molar-refractivity contribution in [3.05, 3.63) is 48.4 Å². The molecule has 3 rings (SSSR count). The molecular weight excluding hydrogens is 397 g/mol. The van der Waals surface area contributed by atoms with Crippen molar-refractivity contribution in [2.75, 3.05) is 18.0 Å². The molecule has 2 heterocycles. The summed E-state index contributed by atoms with van der Waals surface area (Å²) >= 11 is 0. The normalized spacial score (nSPS) is 16.2. The lowest BCUT2D eigenvalue weighted by Crippen LogP contribution is -2.41. The number of benzene rings is 1. The first kappa shape index (κ1) is 20.2. The number of amides is 1. The van der Waals surface area contributed by atoms with Gasteiger partial charge in [-0.2, -0.15) is 13.2 Å². The van der Waals surface area contributed by atoms with E-state index < -0.39 is 20.2 Å². The van der Waals surface area contributed by atoms with Crippen molar-refractivity contribution in [3.63, 3.8) is 0 Å². The Morgan fingerprint density at radius 3 is 2.43 bits per heavy atom. The number of nitrogens with one attached hydrogen (secondary N) is 1. The molecule has 6 nitrogen and oxygen atoms in total. The number of carbonyl (C=O) groups excluding carboxylic acids is 1. The van der Waals surface area contributed by atoms with Gasteiger partial charge in [0, 0.05) is 19.0 Å². The fourth-order valence-electron chi connectivity index (χ4n) is 3.18. The Hall–Kier alpha value is -2.49. The predicted octanol–water partition coefficient (Wildman–Crippen LogP) is 3.11. The number of hydrogen-bond acceptors (Lipinski definition) is 5. The van der Waals surface area contributed by atoms with Gasteiger partial charge in [0.1, 0.15) is 5.76 Å². The van der Waals surface area contributed by atoms with E-state index in [-0.39, 0.29) is 37.1 Å². The van der Waals surface area contributed by atoms with E-state index in [1.807, 2.05) is 0 Å². The second-order valence-corrected chi connectivity index (χ2v) is 8.39. The number of para-hydroxylation sites is 1. The first-order valence-electron chi connectivity index (χ1n) is 8.65. The number of carbonyl (C=O) groups is 1. The molecule has 152 valence electrons. The zero-order valence-electron chi connectivity index (χ0n) is 14.8. The number of anilines is 1. The van der Waals surface area contributed by atoms with Crippen molar-refractivity contribution in [2.45, 2.75) is 29.8 Å². The summed E-state index contributed by atoms with van der Waals surface area (Å²) in [6.45, 7) is 0.825. The average Bonchev–Trinajstić information content (AvgIpc) is 3.19. The molecule has 1 aromatic carbocycles. The molecule has 2 aromatic rings. The van der Waals surface area contributed by atoms with Gasteiger partial charge in [0.25, 0.3) is 9.84 Å². The van der Waals surface area contributed by atoms with E-state index in [0.717, 1.165) is 6.07 Å². The van der Waals surface area contributed by atoms with Gasteiger partial charge in [-0.05, 0) is 37.1 Å². The number of hydrogen-bond donors (Lipinski definition) is 1. The number of furan rings is 1. The summed E-state index contributed by atoms with van der Waals surface area (Å²) in [5.74, 6) is 0.168. The SMILES string of the molecule is O=C(NCc1ccco1)C1CCN(c2ccccc2S(=O)(=O)C(F)(F)F)CC1. The van der Waals surface area contributed by atoms with Crippen LogP contribution in [0.15, 0.2) is 52.0 Å². The van der Waals surface area contributed by atoms with Gasteiger partial charge < -0.3 is 14.6 Å². The number of halogens is 3. The topological polar surface area (TPSA) is 79.6 Å². The monoisotopic (exact) mass is 416 g/mol. The second kappa shape index (κ2) is 7.86. The maximum Gasteiger partial charge on any atom is 0.501 e. The van der Waals surface area contributed by atoms with Crippen molar-refractivity contribution < 1.29 is 30.8 Å². The molecule has 1 aliphatic heterocycles. The molecule has 1 fully saturated rings. The Morgan fingerprint density at radius 2 is 1.82 bits per heavy atom. The molecule has 0 unspecified atom stereocenters. The van der Waals surface area contributed by atoms with Gasteiger partial charge in [-0.1, -0.05) is 12.1 Å². The van der Waals surface area contributed by atoms with Crippen LogP contribution in [0.1, 0.15) is 18.6 Å². The van der Waals surface area contributed by atoms with Crippen LogP contribution in [0.2, 0.25) is 0 Å². The summed E-state index contributed by atoms with van der Waals surface area (Å²) < 4.78 is 67.8. The number of alkyl halides is 3. The molecule has 0 atom stereocenters. The number of rotatable bonds is 5. The molecule has 1 aliphatic rings. The summed E-state index contributed by atoms with van der Waals surface area (Å²) in [6, 6.07) is 8.52. The van der Waals surface area contributed by atoms with Gasteiger partial charge in [0.2, 0.25) is 5.91 Å². The fraction of sp³-hybridized carbons (Fsp3) is 0.389. The molecule has 0 spiro atoms. The van der Waals surface area contributed by atoms with Crippen molar-refractivity contribution >= 4 is 21.4 Å². The quantitative estimate of drug-likeness (QED) is 0.810. The molecular formula is C18H19F3N2O4S. The van der Waals surface area contributed by atoms with Crippen LogP contribution >= 0.6 is 0 Å². The van der Waals surface area contributed by atoms with E-state index in [0.29, 0.717) is 18.6 Å². The molecule has 1 saturated heterocycles. The van der Waals surface area contributed by atoms with E-state index in [2.05, 4.69) is 5.32 Å². The van der Waals surface area contributed by atoms with Gasteiger partial charge in [0.15, 0.2) is 0 Å². The minimum absolute atomic E-state index is 0.00858. The van der Waals surface area contributed by atoms with Crippen LogP contribution in [0.4, 0.5) is 18.9 Å². The Labute approximate surface area is 160 Å². The van der Waals surface area contributed by atoms with E-state index in [1.165, 1.54) is 24.5 Å². The van der Waals surface area contributed by atoms with Crippen molar-refractivity contribution in [2.24, 2.45) is 5.92 Å². The fourth-order valence-corrected chi connectivity index (χ4v) is 4.16. The number of piperidine rings is 1. The molecule has 1 N–H and O–H groups in total. The molecule has 0 aliphatic carbocycles. The maximum absolute atomic E-state index is 13.0. The van der Waals surface area contributed by atoms with Crippen molar-refractivity contribution in [3.8, 4) is 0 Å². The Kier molecular flexibility index (Phi) is 5.69. The molecule has 10 heteroatoms. The highest BCUT2D eigenvalue weighted by atomic mass is 32.2. The minimum Gasteiger partial charge on any atom is -0.467 e. The van der Waals surface area contributed by atoms with Crippen LogP contribution in [0.5, 0.6) is 0 Å². The lowest BCUT2D eigenvalue weighted by molar-refractivity contribution is -0.125. The molecule has 1 amide bonds. The third-order valence-corrected chi connectivity index (χ3v) is 6.22. The third-order valence-electron chi connectivity index (χ3n) is 4.68.